The number of benzene rings is 1. The normalized spacial score (nSPS) is 14.8. The van der Waals surface area contributed by atoms with Gasteiger partial charge in [-0.25, -0.2) is 9.97 Å². The Morgan fingerprint density at radius 2 is 1.76 bits per heavy atom. The first-order valence-corrected chi connectivity index (χ1v) is 11.5. The highest BCUT2D eigenvalue weighted by Crippen LogP contribution is 2.11. The van der Waals surface area contributed by atoms with Crippen molar-refractivity contribution in [2.24, 2.45) is 4.99 Å². The number of nitrogens with zero attached hydrogens (tertiary/aromatic N) is 5. The number of thiocarbonyl (C=S) groups is 1. The Labute approximate surface area is 199 Å². The first-order valence-electron chi connectivity index (χ1n) is 11.0. The van der Waals surface area contributed by atoms with E-state index < -0.39 is 0 Å². The lowest BCUT2D eigenvalue weighted by atomic mass is 10.2. The van der Waals surface area contributed by atoms with Crippen molar-refractivity contribution in [2.75, 3.05) is 31.5 Å². The quantitative estimate of drug-likeness (QED) is 0.339. The molecule has 0 unspecified atom stereocenters. The summed E-state index contributed by atoms with van der Waals surface area (Å²) in [4.78, 5) is 18.4. The monoisotopic (exact) mass is 463 g/mol. The van der Waals surface area contributed by atoms with Crippen molar-refractivity contribution in [1.82, 2.24) is 25.1 Å². The van der Waals surface area contributed by atoms with Crippen LogP contribution in [-0.4, -0.2) is 57.0 Å². The summed E-state index contributed by atoms with van der Waals surface area (Å²) in [6.45, 7) is 8.83. The number of rotatable bonds is 5. The molecule has 0 atom stereocenters. The molecule has 3 heterocycles. The molecule has 3 aromatic rings. The van der Waals surface area contributed by atoms with Gasteiger partial charge >= 0.3 is 0 Å². The number of guanidine groups is 1. The average molecular weight is 464 g/mol. The largest absolute Gasteiger partial charge is 0.467 e. The Bertz CT molecular complexity index is 1060. The zero-order valence-electron chi connectivity index (χ0n) is 19.0. The van der Waals surface area contributed by atoms with E-state index in [4.69, 9.17) is 16.6 Å². The second kappa shape index (κ2) is 11.0. The molecule has 0 saturated carbocycles. The zero-order valence-corrected chi connectivity index (χ0v) is 19.8. The smallest absolute Gasteiger partial charge is 0.229 e. The van der Waals surface area contributed by atoms with E-state index in [1.807, 2.05) is 38.1 Å². The van der Waals surface area contributed by atoms with Crippen LogP contribution in [0, 0.1) is 13.8 Å². The highest BCUT2D eigenvalue weighted by atomic mass is 32.1. The van der Waals surface area contributed by atoms with Crippen molar-refractivity contribution in [2.45, 2.75) is 26.9 Å². The summed E-state index contributed by atoms with van der Waals surface area (Å²) in [7, 11) is 0. The molecule has 2 N–H and O–H groups in total. The number of aromatic nitrogens is 2. The van der Waals surface area contributed by atoms with Crippen molar-refractivity contribution in [3.05, 3.63) is 77.5 Å². The maximum absolute atomic E-state index is 5.49. The molecule has 1 aromatic carbocycles. The van der Waals surface area contributed by atoms with E-state index in [2.05, 4.69) is 59.7 Å². The maximum atomic E-state index is 5.49. The fourth-order valence-electron chi connectivity index (χ4n) is 3.73. The number of hydrogen-bond donors (Lipinski definition) is 2. The van der Waals surface area contributed by atoms with E-state index in [1.165, 1.54) is 5.56 Å². The van der Waals surface area contributed by atoms with E-state index in [9.17, 15) is 0 Å². The van der Waals surface area contributed by atoms with Gasteiger partial charge in [0.25, 0.3) is 0 Å². The predicted molar refractivity (Wildman–Crippen MR) is 134 cm³/mol. The van der Waals surface area contributed by atoms with Crippen molar-refractivity contribution >= 4 is 29.2 Å². The number of anilines is 1. The van der Waals surface area contributed by atoms with Gasteiger partial charge in [-0.15, -0.1) is 0 Å². The standard InChI is InChI=1S/C24H29N7OS/c1-18-15-19(2)27-22(26-18)28-23(29-24(33)25-16-21-9-6-14-32-21)31-12-10-30(11-13-31)17-20-7-4-3-5-8-20/h3-9,14-15H,10-13,16-17H2,1-2H3,(H2,25,26,27,28,29,33). The van der Waals surface area contributed by atoms with E-state index in [0.717, 1.165) is 49.9 Å². The van der Waals surface area contributed by atoms with Gasteiger partial charge < -0.3 is 14.6 Å². The van der Waals surface area contributed by atoms with Crippen molar-refractivity contribution in [3.8, 4) is 0 Å². The van der Waals surface area contributed by atoms with Crippen molar-refractivity contribution in [3.63, 3.8) is 0 Å². The number of nitrogens with one attached hydrogen (secondary N) is 2. The van der Waals surface area contributed by atoms with Crippen molar-refractivity contribution < 1.29 is 4.42 Å². The average Bonchev–Trinajstić information content (AvgIpc) is 3.32. The van der Waals surface area contributed by atoms with Gasteiger partial charge in [0.1, 0.15) is 5.76 Å². The van der Waals surface area contributed by atoms with Crippen LogP contribution in [0.4, 0.5) is 5.95 Å². The van der Waals surface area contributed by atoms with Gasteiger partial charge in [0, 0.05) is 44.1 Å². The molecule has 1 fully saturated rings. The third-order valence-electron chi connectivity index (χ3n) is 5.33. The molecule has 8 nitrogen and oxygen atoms in total. The SMILES string of the molecule is Cc1cc(C)nc(N/C(=N/C(=S)NCc2ccco2)N2CCN(Cc3ccccc3)CC2)n1. The summed E-state index contributed by atoms with van der Waals surface area (Å²) in [5.74, 6) is 1.97. The van der Waals surface area contributed by atoms with Gasteiger partial charge in [0.05, 0.1) is 12.8 Å². The van der Waals surface area contributed by atoms with E-state index >= 15 is 0 Å². The lowest BCUT2D eigenvalue weighted by molar-refractivity contribution is 0.175. The van der Waals surface area contributed by atoms with Gasteiger partial charge in [-0.3, -0.25) is 10.2 Å². The first kappa shape index (κ1) is 22.9. The molecule has 4 rings (SSSR count). The molecule has 172 valence electrons. The van der Waals surface area contributed by atoms with Crippen LogP contribution in [0.1, 0.15) is 22.7 Å². The van der Waals surface area contributed by atoms with Gasteiger partial charge in [0.15, 0.2) is 5.11 Å². The molecule has 0 bridgehead atoms. The molecule has 0 spiro atoms. The minimum absolute atomic E-state index is 0.380. The predicted octanol–water partition coefficient (Wildman–Crippen LogP) is 3.35. The number of aliphatic imine (C=N–C) groups is 1. The molecule has 0 amide bonds. The molecule has 1 aliphatic rings. The number of furan rings is 1. The first-order chi connectivity index (χ1) is 16.0. The van der Waals surface area contributed by atoms with Crippen molar-refractivity contribution in [1.29, 1.82) is 0 Å². The Morgan fingerprint density at radius 1 is 1.03 bits per heavy atom. The lowest BCUT2D eigenvalue weighted by Crippen LogP contribution is -2.50. The van der Waals surface area contributed by atoms with Gasteiger partial charge in [-0.1, -0.05) is 30.3 Å². The Kier molecular flexibility index (Phi) is 7.64. The van der Waals surface area contributed by atoms with Crippen LogP contribution in [0.3, 0.4) is 0 Å². The highest BCUT2D eigenvalue weighted by molar-refractivity contribution is 7.80. The van der Waals surface area contributed by atoms with Crippen LogP contribution in [0.2, 0.25) is 0 Å². The molecule has 1 saturated heterocycles. The Hall–Kier alpha value is -3.30. The van der Waals surface area contributed by atoms with Crippen LogP contribution in [0.15, 0.2) is 64.2 Å². The highest BCUT2D eigenvalue weighted by Gasteiger charge is 2.21. The summed E-state index contributed by atoms with van der Waals surface area (Å²) in [6.07, 6.45) is 1.64. The summed E-state index contributed by atoms with van der Waals surface area (Å²) < 4.78 is 5.37. The lowest BCUT2D eigenvalue weighted by Gasteiger charge is -2.36. The van der Waals surface area contributed by atoms with Gasteiger partial charge in [-0.2, -0.15) is 4.99 Å². The summed E-state index contributed by atoms with van der Waals surface area (Å²) in [5, 5.41) is 6.82. The third kappa shape index (κ3) is 6.84. The molecule has 2 aromatic heterocycles. The molecule has 1 aliphatic heterocycles. The summed E-state index contributed by atoms with van der Waals surface area (Å²) in [5.41, 5.74) is 3.12. The fraction of sp³-hybridized carbons (Fsp3) is 0.333. The van der Waals surface area contributed by atoms with Crippen LogP contribution in [0.25, 0.3) is 0 Å². The molecular formula is C24H29N7OS. The number of hydrogen-bond acceptors (Lipinski definition) is 5. The van der Waals surface area contributed by atoms with E-state index in [0.29, 0.717) is 23.6 Å². The third-order valence-corrected chi connectivity index (χ3v) is 5.56. The minimum Gasteiger partial charge on any atom is -0.467 e. The molecule has 0 aliphatic carbocycles. The van der Waals surface area contributed by atoms with Crippen LogP contribution >= 0.6 is 12.2 Å². The fourth-order valence-corrected chi connectivity index (χ4v) is 3.89. The van der Waals surface area contributed by atoms with Gasteiger partial charge in [0.2, 0.25) is 11.9 Å². The molecular weight excluding hydrogens is 434 g/mol. The molecule has 9 heteroatoms. The summed E-state index contributed by atoms with van der Waals surface area (Å²) in [6, 6.07) is 16.2. The van der Waals surface area contributed by atoms with Gasteiger partial charge in [-0.05, 0) is 49.8 Å². The van der Waals surface area contributed by atoms with E-state index in [-0.39, 0.29) is 0 Å². The second-order valence-corrected chi connectivity index (χ2v) is 8.41. The number of piperazine rings is 1. The maximum Gasteiger partial charge on any atom is 0.229 e. The van der Waals surface area contributed by atoms with Crippen LogP contribution in [0.5, 0.6) is 0 Å². The second-order valence-electron chi connectivity index (χ2n) is 8.02. The van der Waals surface area contributed by atoms with E-state index in [1.54, 1.807) is 6.26 Å². The summed E-state index contributed by atoms with van der Waals surface area (Å²) >= 11 is 5.49. The minimum atomic E-state index is 0.380. The van der Waals surface area contributed by atoms with Crippen LogP contribution in [-0.2, 0) is 13.1 Å². The van der Waals surface area contributed by atoms with Crippen LogP contribution < -0.4 is 10.6 Å². The molecule has 0 radical (unpaired) electrons. The molecule has 33 heavy (non-hydrogen) atoms. The number of aryl methyl sites for hydroxylation is 2. The Morgan fingerprint density at radius 3 is 2.42 bits per heavy atom. The topological polar surface area (TPSA) is 81.8 Å². The zero-order chi connectivity index (χ0) is 23.0. The Balaban J connectivity index is 1.44.